The zero-order valence-electron chi connectivity index (χ0n) is 12.4. The van der Waals surface area contributed by atoms with E-state index in [9.17, 15) is 13.2 Å². The van der Waals surface area contributed by atoms with E-state index in [1.165, 1.54) is 23.5 Å². The molecule has 0 atom stereocenters. The van der Waals surface area contributed by atoms with Crippen LogP contribution in [-0.4, -0.2) is 25.9 Å². The average Bonchev–Trinajstić information content (AvgIpc) is 2.98. The van der Waals surface area contributed by atoms with Crippen LogP contribution in [-0.2, 0) is 21.2 Å². The third kappa shape index (κ3) is 5.19. The second-order valence-corrected chi connectivity index (χ2v) is 7.20. The first-order valence-corrected chi connectivity index (χ1v) is 9.27. The molecule has 0 aliphatic carbocycles. The summed E-state index contributed by atoms with van der Waals surface area (Å²) in [6.45, 7) is 3.95. The summed E-state index contributed by atoms with van der Waals surface area (Å²) in [5, 5.41) is 4.70. The second kappa shape index (κ2) is 7.89. The van der Waals surface area contributed by atoms with E-state index in [4.69, 9.17) is 0 Å². The van der Waals surface area contributed by atoms with Gasteiger partial charge in [0.25, 0.3) is 10.0 Å². The number of carbonyl (C=O) groups is 1. The molecule has 2 N–H and O–H groups in total. The van der Waals surface area contributed by atoms with Crippen molar-refractivity contribution in [1.82, 2.24) is 10.3 Å². The molecular weight excluding hydrogens is 334 g/mol. The molecule has 1 aromatic heterocycles. The van der Waals surface area contributed by atoms with Crippen LogP contribution in [0.1, 0.15) is 12.1 Å². The highest BCUT2D eigenvalue weighted by molar-refractivity contribution is 7.93. The molecule has 0 aliphatic heterocycles. The van der Waals surface area contributed by atoms with Crippen LogP contribution in [0.2, 0.25) is 0 Å². The van der Waals surface area contributed by atoms with Gasteiger partial charge in [0, 0.05) is 18.3 Å². The Morgan fingerprint density at radius 2 is 2.04 bits per heavy atom. The lowest BCUT2D eigenvalue weighted by Gasteiger charge is -2.04. The highest BCUT2D eigenvalue weighted by atomic mass is 32.2. The number of thiazole rings is 1. The Kier molecular flexibility index (Phi) is 5.89. The Balaban J connectivity index is 1.95. The molecule has 8 heteroatoms. The number of carbonyl (C=O) groups excluding carboxylic acids is 1. The van der Waals surface area contributed by atoms with Crippen molar-refractivity contribution in [3.63, 3.8) is 0 Å². The number of rotatable bonds is 8. The SMILES string of the molecule is C=CCNC(=O)CCc1csc(NS(=O)(=O)c2ccccc2)n1. The lowest BCUT2D eigenvalue weighted by atomic mass is 10.2. The van der Waals surface area contributed by atoms with Crippen LogP contribution in [0.25, 0.3) is 0 Å². The summed E-state index contributed by atoms with van der Waals surface area (Å²) in [6, 6.07) is 8.09. The maximum absolute atomic E-state index is 12.2. The number of benzene rings is 1. The molecule has 6 nitrogen and oxygen atoms in total. The summed E-state index contributed by atoms with van der Waals surface area (Å²) >= 11 is 1.19. The largest absolute Gasteiger partial charge is 0.353 e. The molecule has 0 radical (unpaired) electrons. The fourth-order valence-electron chi connectivity index (χ4n) is 1.76. The molecular formula is C15H17N3O3S2. The van der Waals surface area contributed by atoms with Gasteiger partial charge >= 0.3 is 0 Å². The maximum Gasteiger partial charge on any atom is 0.263 e. The van der Waals surface area contributed by atoms with E-state index >= 15 is 0 Å². The molecule has 0 bridgehead atoms. The summed E-state index contributed by atoms with van der Waals surface area (Å²) in [6.07, 6.45) is 2.35. The zero-order chi connectivity index (χ0) is 16.7. The first kappa shape index (κ1) is 17.2. The highest BCUT2D eigenvalue weighted by Crippen LogP contribution is 2.20. The van der Waals surface area contributed by atoms with Gasteiger partial charge in [-0.1, -0.05) is 24.3 Å². The Labute approximate surface area is 139 Å². The van der Waals surface area contributed by atoms with Crippen LogP contribution in [0.5, 0.6) is 0 Å². The molecule has 0 saturated carbocycles. The Hall–Kier alpha value is -2.19. The fourth-order valence-corrected chi connectivity index (χ4v) is 3.78. The molecule has 122 valence electrons. The normalized spacial score (nSPS) is 11.0. The lowest BCUT2D eigenvalue weighted by Crippen LogP contribution is -2.23. The van der Waals surface area contributed by atoms with Crippen LogP contribution in [0.3, 0.4) is 0 Å². The van der Waals surface area contributed by atoms with E-state index in [1.807, 2.05) is 0 Å². The second-order valence-electron chi connectivity index (χ2n) is 4.66. The number of nitrogens with one attached hydrogen (secondary N) is 2. The van der Waals surface area contributed by atoms with Crippen molar-refractivity contribution in [3.8, 4) is 0 Å². The van der Waals surface area contributed by atoms with Crippen LogP contribution in [0.15, 0.2) is 53.3 Å². The third-order valence-electron chi connectivity index (χ3n) is 2.88. The van der Waals surface area contributed by atoms with Gasteiger partial charge in [0.15, 0.2) is 5.13 Å². The van der Waals surface area contributed by atoms with Crippen LogP contribution in [0, 0.1) is 0 Å². The number of aromatic nitrogens is 1. The van der Waals surface area contributed by atoms with E-state index in [0.717, 1.165) is 0 Å². The number of nitrogens with zero attached hydrogens (tertiary/aromatic N) is 1. The predicted octanol–water partition coefficient (Wildman–Crippen LogP) is 2.18. The summed E-state index contributed by atoms with van der Waals surface area (Å²) in [5.74, 6) is -0.0932. The van der Waals surface area contributed by atoms with Crippen LogP contribution in [0.4, 0.5) is 5.13 Å². The van der Waals surface area contributed by atoms with Crippen LogP contribution < -0.4 is 10.0 Å². The molecule has 23 heavy (non-hydrogen) atoms. The molecule has 1 aromatic carbocycles. The minimum absolute atomic E-state index is 0.0932. The van der Waals surface area contributed by atoms with E-state index in [0.29, 0.717) is 25.1 Å². The average molecular weight is 351 g/mol. The van der Waals surface area contributed by atoms with Gasteiger partial charge in [-0.15, -0.1) is 17.9 Å². The molecule has 2 aromatic rings. The summed E-state index contributed by atoms with van der Waals surface area (Å²) in [7, 11) is -3.64. The van der Waals surface area contributed by atoms with Gasteiger partial charge in [0.05, 0.1) is 10.6 Å². The van der Waals surface area contributed by atoms with Gasteiger partial charge in [-0.3, -0.25) is 9.52 Å². The summed E-state index contributed by atoms with van der Waals surface area (Å²) in [4.78, 5) is 15.9. The van der Waals surface area contributed by atoms with Gasteiger partial charge in [0.2, 0.25) is 5.91 Å². The summed E-state index contributed by atoms with van der Waals surface area (Å²) < 4.78 is 26.8. The van der Waals surface area contributed by atoms with E-state index in [-0.39, 0.29) is 15.9 Å². The zero-order valence-corrected chi connectivity index (χ0v) is 14.0. The van der Waals surface area contributed by atoms with Crippen molar-refractivity contribution in [2.24, 2.45) is 0 Å². The van der Waals surface area contributed by atoms with Gasteiger partial charge in [0.1, 0.15) is 0 Å². The van der Waals surface area contributed by atoms with Gasteiger partial charge in [-0.25, -0.2) is 13.4 Å². The molecule has 2 rings (SSSR count). The minimum atomic E-state index is -3.64. The summed E-state index contributed by atoms with van der Waals surface area (Å²) in [5.41, 5.74) is 0.675. The Bertz CT molecular complexity index is 770. The number of hydrogen-bond acceptors (Lipinski definition) is 5. The molecule has 0 unspecified atom stereocenters. The minimum Gasteiger partial charge on any atom is -0.353 e. The van der Waals surface area contributed by atoms with Gasteiger partial charge in [-0.05, 0) is 18.6 Å². The quantitative estimate of drug-likeness (QED) is 0.714. The van der Waals surface area contributed by atoms with Crippen molar-refractivity contribution in [2.75, 3.05) is 11.3 Å². The monoisotopic (exact) mass is 351 g/mol. The van der Waals surface area contributed by atoms with Crippen molar-refractivity contribution in [1.29, 1.82) is 0 Å². The van der Waals surface area contributed by atoms with Crippen molar-refractivity contribution < 1.29 is 13.2 Å². The highest BCUT2D eigenvalue weighted by Gasteiger charge is 2.15. The lowest BCUT2D eigenvalue weighted by molar-refractivity contribution is -0.120. The first-order valence-electron chi connectivity index (χ1n) is 6.91. The van der Waals surface area contributed by atoms with E-state index < -0.39 is 10.0 Å². The van der Waals surface area contributed by atoms with Crippen molar-refractivity contribution in [2.45, 2.75) is 17.7 Å². The number of aryl methyl sites for hydroxylation is 1. The Morgan fingerprint density at radius 1 is 1.30 bits per heavy atom. The maximum atomic E-state index is 12.2. The van der Waals surface area contributed by atoms with Crippen LogP contribution >= 0.6 is 11.3 Å². The Morgan fingerprint density at radius 3 is 2.74 bits per heavy atom. The molecule has 0 fully saturated rings. The molecule has 0 saturated heterocycles. The van der Waals surface area contributed by atoms with Crippen molar-refractivity contribution in [3.05, 3.63) is 54.1 Å². The fraction of sp³-hybridized carbons (Fsp3) is 0.200. The smallest absolute Gasteiger partial charge is 0.263 e. The number of sulfonamides is 1. The molecule has 1 heterocycles. The number of hydrogen-bond donors (Lipinski definition) is 2. The number of anilines is 1. The molecule has 1 amide bonds. The molecule has 0 spiro atoms. The topological polar surface area (TPSA) is 88.2 Å². The van der Waals surface area contributed by atoms with Gasteiger partial charge < -0.3 is 5.32 Å². The van der Waals surface area contributed by atoms with Gasteiger partial charge in [-0.2, -0.15) is 0 Å². The van der Waals surface area contributed by atoms with E-state index in [1.54, 1.807) is 29.7 Å². The standard InChI is InChI=1S/C15H17N3O3S2/c1-2-10-16-14(19)9-8-12-11-22-15(17-12)18-23(20,21)13-6-4-3-5-7-13/h2-7,11H,1,8-10H2,(H,16,19)(H,17,18). The van der Waals surface area contributed by atoms with Crippen molar-refractivity contribution >= 4 is 32.4 Å². The first-order chi connectivity index (χ1) is 11.0. The predicted molar refractivity (Wildman–Crippen MR) is 90.9 cm³/mol. The van der Waals surface area contributed by atoms with E-state index in [2.05, 4.69) is 21.6 Å². The third-order valence-corrected chi connectivity index (χ3v) is 5.17. The number of amides is 1. The molecule has 0 aliphatic rings.